The summed E-state index contributed by atoms with van der Waals surface area (Å²) in [7, 11) is 1.30. The Hall–Kier alpha value is -2.12. The SMILES string of the molecule is Cn1nc([N+](=O)[O-])c(N(Cl)CCCCc2ccccc2)c(Cl)c1=O. The molecule has 0 atom stereocenters. The summed E-state index contributed by atoms with van der Waals surface area (Å²) in [6.07, 6.45) is 2.40. The molecule has 0 bridgehead atoms. The quantitative estimate of drug-likeness (QED) is 0.323. The summed E-state index contributed by atoms with van der Waals surface area (Å²) < 4.78 is 1.92. The van der Waals surface area contributed by atoms with Gasteiger partial charge in [0.25, 0.3) is 0 Å². The fraction of sp³-hybridized carbons (Fsp3) is 0.333. The highest BCUT2D eigenvalue weighted by Gasteiger charge is 2.28. The lowest BCUT2D eigenvalue weighted by atomic mass is 10.1. The molecule has 0 N–H and O–H groups in total. The van der Waals surface area contributed by atoms with Gasteiger partial charge >= 0.3 is 11.4 Å². The van der Waals surface area contributed by atoms with Gasteiger partial charge in [-0.3, -0.25) is 9.21 Å². The Bertz CT molecular complexity index is 780. The van der Waals surface area contributed by atoms with E-state index in [9.17, 15) is 14.9 Å². The number of rotatable bonds is 7. The van der Waals surface area contributed by atoms with Crippen LogP contribution in [0.15, 0.2) is 35.1 Å². The van der Waals surface area contributed by atoms with Gasteiger partial charge in [-0.05, 0) is 29.7 Å². The van der Waals surface area contributed by atoms with Crippen LogP contribution in [0.4, 0.5) is 11.5 Å². The number of halogens is 2. The van der Waals surface area contributed by atoms with Crippen molar-refractivity contribution >= 4 is 34.9 Å². The molecular weight excluding hydrogens is 355 g/mol. The molecular formula is C15H16Cl2N4O3. The fourth-order valence-corrected chi connectivity index (χ4v) is 2.88. The molecule has 128 valence electrons. The second kappa shape index (κ2) is 8.12. The lowest BCUT2D eigenvalue weighted by Gasteiger charge is -2.16. The standard InChI is InChI=1S/C15H16Cl2N4O3/c1-19-15(22)12(16)13(14(18-19)21(23)24)20(17)10-6-5-9-11-7-3-2-4-8-11/h2-4,7-8H,5-6,9-10H2,1H3. The number of hydrogen-bond donors (Lipinski definition) is 0. The molecule has 0 spiro atoms. The molecule has 2 rings (SSSR count). The summed E-state index contributed by atoms with van der Waals surface area (Å²) in [6.45, 7) is 0.309. The Balaban J connectivity index is 2.06. The topological polar surface area (TPSA) is 81.3 Å². The van der Waals surface area contributed by atoms with E-state index in [-0.39, 0.29) is 10.7 Å². The minimum atomic E-state index is -0.708. The van der Waals surface area contributed by atoms with Crippen LogP contribution in [-0.2, 0) is 13.5 Å². The van der Waals surface area contributed by atoms with Crippen LogP contribution in [0, 0.1) is 10.1 Å². The summed E-state index contributed by atoms with van der Waals surface area (Å²) >= 11 is 12.1. The maximum absolute atomic E-state index is 11.8. The normalized spacial score (nSPS) is 10.6. The van der Waals surface area contributed by atoms with Crippen molar-refractivity contribution in [2.75, 3.05) is 11.0 Å². The lowest BCUT2D eigenvalue weighted by molar-refractivity contribution is -0.389. The van der Waals surface area contributed by atoms with Gasteiger partial charge in [-0.15, -0.1) is 4.68 Å². The van der Waals surface area contributed by atoms with Gasteiger partial charge in [-0.25, -0.2) is 0 Å². The third-order valence-corrected chi connectivity index (χ3v) is 4.15. The molecule has 0 saturated carbocycles. The number of benzene rings is 1. The van der Waals surface area contributed by atoms with E-state index >= 15 is 0 Å². The maximum Gasteiger partial charge on any atom is 0.414 e. The minimum Gasteiger partial charge on any atom is -0.358 e. The van der Waals surface area contributed by atoms with Gasteiger partial charge in [0.1, 0.15) is 5.02 Å². The molecule has 1 aromatic heterocycles. The molecule has 0 saturated heterocycles. The average molecular weight is 371 g/mol. The zero-order valence-corrected chi connectivity index (χ0v) is 14.5. The fourth-order valence-electron chi connectivity index (χ4n) is 2.25. The summed E-state index contributed by atoms with van der Waals surface area (Å²) in [5.41, 5.74) is 0.413. The van der Waals surface area contributed by atoms with Crippen LogP contribution in [0.3, 0.4) is 0 Å². The van der Waals surface area contributed by atoms with E-state index in [0.717, 1.165) is 21.9 Å². The van der Waals surface area contributed by atoms with Gasteiger partial charge in [0, 0.05) is 18.3 Å². The minimum absolute atomic E-state index is 0.161. The molecule has 24 heavy (non-hydrogen) atoms. The van der Waals surface area contributed by atoms with Gasteiger partial charge in [0.15, 0.2) is 5.69 Å². The molecule has 0 aliphatic carbocycles. The first kappa shape index (κ1) is 18.2. The number of nitrogens with zero attached hydrogens (tertiary/aromatic N) is 4. The van der Waals surface area contributed by atoms with Crippen LogP contribution in [0.2, 0.25) is 5.02 Å². The van der Waals surface area contributed by atoms with Crippen LogP contribution in [0.1, 0.15) is 18.4 Å². The molecule has 0 fully saturated rings. The molecule has 0 aliphatic rings. The van der Waals surface area contributed by atoms with Crippen LogP contribution in [-0.4, -0.2) is 21.2 Å². The van der Waals surface area contributed by atoms with Crippen molar-refractivity contribution in [1.29, 1.82) is 0 Å². The predicted molar refractivity (Wildman–Crippen MR) is 93.7 cm³/mol. The van der Waals surface area contributed by atoms with Crippen molar-refractivity contribution in [2.24, 2.45) is 7.05 Å². The van der Waals surface area contributed by atoms with Gasteiger partial charge in [0.05, 0.1) is 12.1 Å². The molecule has 0 amide bonds. The number of aryl methyl sites for hydroxylation is 2. The Morgan fingerprint density at radius 1 is 1.29 bits per heavy atom. The van der Waals surface area contributed by atoms with Crippen molar-refractivity contribution < 1.29 is 4.92 Å². The Kier molecular flexibility index (Phi) is 6.16. The zero-order chi connectivity index (χ0) is 17.7. The van der Waals surface area contributed by atoms with Crippen molar-refractivity contribution in [1.82, 2.24) is 9.78 Å². The molecule has 1 aromatic carbocycles. The molecule has 9 heteroatoms. The first-order chi connectivity index (χ1) is 11.4. The van der Waals surface area contributed by atoms with E-state index in [1.807, 2.05) is 30.3 Å². The van der Waals surface area contributed by atoms with Gasteiger partial charge in [-0.1, -0.05) is 41.9 Å². The van der Waals surface area contributed by atoms with Crippen molar-refractivity contribution in [3.05, 3.63) is 61.4 Å². The van der Waals surface area contributed by atoms with Crippen molar-refractivity contribution in [3.63, 3.8) is 0 Å². The Morgan fingerprint density at radius 3 is 2.58 bits per heavy atom. The Morgan fingerprint density at radius 2 is 1.96 bits per heavy atom. The predicted octanol–water partition coefficient (Wildman–Crippen LogP) is 3.33. The van der Waals surface area contributed by atoms with E-state index < -0.39 is 16.3 Å². The molecule has 0 aliphatic heterocycles. The van der Waals surface area contributed by atoms with Crippen molar-refractivity contribution in [2.45, 2.75) is 19.3 Å². The number of aromatic nitrogens is 2. The van der Waals surface area contributed by atoms with Gasteiger partial charge in [0.2, 0.25) is 0 Å². The van der Waals surface area contributed by atoms with Crippen LogP contribution in [0.5, 0.6) is 0 Å². The van der Waals surface area contributed by atoms with Crippen LogP contribution < -0.4 is 9.98 Å². The summed E-state index contributed by atoms with van der Waals surface area (Å²) in [5.74, 6) is -0.542. The highest BCUT2D eigenvalue weighted by molar-refractivity contribution is 6.36. The number of unbranched alkanes of at least 4 members (excludes halogenated alkanes) is 1. The first-order valence-electron chi connectivity index (χ1n) is 7.30. The number of nitro groups is 1. The molecule has 0 unspecified atom stereocenters. The third-order valence-electron chi connectivity index (χ3n) is 3.47. The average Bonchev–Trinajstić information content (AvgIpc) is 2.56. The Labute approximate surface area is 148 Å². The lowest BCUT2D eigenvalue weighted by Crippen LogP contribution is -2.25. The van der Waals surface area contributed by atoms with E-state index in [0.29, 0.717) is 13.0 Å². The number of hydrogen-bond acceptors (Lipinski definition) is 5. The number of anilines is 1. The zero-order valence-electron chi connectivity index (χ0n) is 13.0. The van der Waals surface area contributed by atoms with Gasteiger partial charge in [-0.2, -0.15) is 0 Å². The molecule has 1 heterocycles. The molecule has 2 aromatic rings. The summed E-state index contributed by atoms with van der Waals surface area (Å²) in [6, 6.07) is 9.96. The maximum atomic E-state index is 11.8. The summed E-state index contributed by atoms with van der Waals surface area (Å²) in [5, 5.41) is 14.5. The van der Waals surface area contributed by atoms with E-state index in [2.05, 4.69) is 5.10 Å². The van der Waals surface area contributed by atoms with E-state index in [1.54, 1.807) is 0 Å². The van der Waals surface area contributed by atoms with E-state index in [1.165, 1.54) is 12.6 Å². The largest absolute Gasteiger partial charge is 0.414 e. The van der Waals surface area contributed by atoms with Gasteiger partial charge < -0.3 is 10.1 Å². The monoisotopic (exact) mass is 370 g/mol. The molecule has 7 nitrogen and oxygen atoms in total. The highest BCUT2D eigenvalue weighted by atomic mass is 35.5. The third kappa shape index (κ3) is 4.24. The molecule has 0 radical (unpaired) electrons. The highest BCUT2D eigenvalue weighted by Crippen LogP contribution is 2.32. The van der Waals surface area contributed by atoms with E-state index in [4.69, 9.17) is 23.4 Å². The van der Waals surface area contributed by atoms with Crippen molar-refractivity contribution in [3.8, 4) is 0 Å². The van der Waals surface area contributed by atoms with Crippen LogP contribution >= 0.6 is 23.4 Å². The van der Waals surface area contributed by atoms with Crippen LogP contribution in [0.25, 0.3) is 0 Å². The summed E-state index contributed by atoms with van der Waals surface area (Å²) in [4.78, 5) is 22.3. The second-order valence-electron chi connectivity index (χ2n) is 5.20. The smallest absolute Gasteiger partial charge is 0.358 e. The first-order valence-corrected chi connectivity index (χ1v) is 8.02. The second-order valence-corrected chi connectivity index (χ2v) is 5.99.